The fraction of sp³-hybridized carbons (Fsp3) is 0.333. The van der Waals surface area contributed by atoms with Gasteiger partial charge in [-0.1, -0.05) is 56.0 Å². The summed E-state index contributed by atoms with van der Waals surface area (Å²) in [6, 6.07) is 12.3. The smallest absolute Gasteiger partial charge is 0.159 e. The molecule has 0 saturated carbocycles. The van der Waals surface area contributed by atoms with Crippen LogP contribution in [0.1, 0.15) is 22.3 Å². The summed E-state index contributed by atoms with van der Waals surface area (Å²) in [6.07, 6.45) is 0. The van der Waals surface area contributed by atoms with Gasteiger partial charge >= 0.3 is 0 Å². The SMILES string of the molecule is Cc1cc(C2=NCC[N-]2)ccc1NCOc1ccc(C2=NCC[N-]2)cc1C.[Y].[Y]. The molecule has 2 aliphatic rings. The zero-order valence-corrected chi connectivity index (χ0v) is 22.5. The Hall–Kier alpha value is -0.812. The van der Waals surface area contributed by atoms with E-state index in [1.807, 2.05) is 19.1 Å². The zero-order valence-electron chi connectivity index (χ0n) is 16.9. The molecule has 2 aromatic rings. The number of ether oxygens (including phenoxy) is 1. The van der Waals surface area contributed by atoms with E-state index < -0.39 is 0 Å². The minimum absolute atomic E-state index is 0. The van der Waals surface area contributed by atoms with Crippen molar-refractivity contribution in [2.45, 2.75) is 13.8 Å². The van der Waals surface area contributed by atoms with Crippen LogP contribution in [0.25, 0.3) is 10.6 Å². The van der Waals surface area contributed by atoms with Crippen molar-refractivity contribution >= 4 is 17.4 Å². The van der Waals surface area contributed by atoms with E-state index >= 15 is 0 Å². The molecule has 0 bridgehead atoms. The number of hydrogen-bond donors (Lipinski definition) is 1. The summed E-state index contributed by atoms with van der Waals surface area (Å²) in [5.41, 5.74) is 5.40. The van der Waals surface area contributed by atoms with E-state index in [-0.39, 0.29) is 65.4 Å². The van der Waals surface area contributed by atoms with Gasteiger partial charge in [0.1, 0.15) is 5.75 Å². The summed E-state index contributed by atoms with van der Waals surface area (Å²) in [7, 11) is 0. The molecule has 4 rings (SSSR count). The molecular formula is C21H23N5OY2-2. The molecule has 146 valence electrons. The number of nitrogens with one attached hydrogen (secondary N) is 1. The Balaban J connectivity index is 0.00000150. The summed E-state index contributed by atoms with van der Waals surface area (Å²) in [5, 5.41) is 12.2. The third kappa shape index (κ3) is 6.10. The molecule has 2 heterocycles. The number of anilines is 1. The van der Waals surface area contributed by atoms with E-state index in [4.69, 9.17) is 4.74 Å². The van der Waals surface area contributed by atoms with Gasteiger partial charge in [0, 0.05) is 71.1 Å². The molecular weight excluding hydrogens is 516 g/mol. The third-order valence-corrected chi connectivity index (χ3v) is 4.65. The number of hydrogen-bond acceptors (Lipinski definition) is 4. The second-order valence-corrected chi connectivity index (χ2v) is 6.65. The van der Waals surface area contributed by atoms with E-state index in [9.17, 15) is 0 Å². The van der Waals surface area contributed by atoms with Gasteiger partial charge in [-0.2, -0.15) is 0 Å². The van der Waals surface area contributed by atoms with Gasteiger partial charge in [0.25, 0.3) is 0 Å². The topological polar surface area (TPSA) is 74.2 Å². The molecule has 0 fully saturated rings. The van der Waals surface area contributed by atoms with Crippen LogP contribution in [0.4, 0.5) is 5.69 Å². The molecule has 29 heavy (non-hydrogen) atoms. The molecule has 6 nitrogen and oxygen atoms in total. The van der Waals surface area contributed by atoms with Gasteiger partial charge in [-0.15, -0.1) is 0 Å². The second kappa shape index (κ2) is 11.5. The Labute approximate surface area is 222 Å². The van der Waals surface area contributed by atoms with Crippen LogP contribution in [0.2, 0.25) is 0 Å². The van der Waals surface area contributed by atoms with E-state index in [1.54, 1.807) is 0 Å². The summed E-state index contributed by atoms with van der Waals surface area (Å²) in [4.78, 5) is 8.82. The molecule has 0 aromatic heterocycles. The number of nitrogens with zero attached hydrogens (tertiary/aromatic N) is 4. The van der Waals surface area contributed by atoms with E-state index in [0.29, 0.717) is 6.73 Å². The maximum absolute atomic E-state index is 5.92. The molecule has 2 aliphatic heterocycles. The van der Waals surface area contributed by atoms with Crippen molar-refractivity contribution in [2.24, 2.45) is 9.98 Å². The van der Waals surface area contributed by atoms with E-state index in [0.717, 1.165) is 71.5 Å². The normalized spacial score (nSPS) is 14.6. The van der Waals surface area contributed by atoms with Crippen molar-refractivity contribution in [3.8, 4) is 5.75 Å². The minimum atomic E-state index is 0. The largest absolute Gasteiger partial charge is 0.473 e. The minimum Gasteiger partial charge on any atom is -0.473 e. The molecule has 2 radical (unpaired) electrons. The predicted octanol–water partition coefficient (Wildman–Crippen LogP) is 4.01. The van der Waals surface area contributed by atoms with Gasteiger partial charge in [0.05, 0.1) is 0 Å². The molecule has 2 aromatic carbocycles. The van der Waals surface area contributed by atoms with Gasteiger partial charge in [-0.05, 0) is 54.3 Å². The van der Waals surface area contributed by atoms with Crippen LogP contribution in [-0.4, -0.2) is 44.6 Å². The number of amidine groups is 2. The molecule has 1 N–H and O–H groups in total. The monoisotopic (exact) mass is 539 g/mol. The van der Waals surface area contributed by atoms with Gasteiger partial charge in [0.15, 0.2) is 6.73 Å². The molecule has 0 saturated heterocycles. The average molecular weight is 539 g/mol. The van der Waals surface area contributed by atoms with Crippen molar-refractivity contribution in [1.29, 1.82) is 0 Å². The van der Waals surface area contributed by atoms with E-state index in [2.05, 4.69) is 57.1 Å². The summed E-state index contributed by atoms with van der Waals surface area (Å²) in [5.74, 6) is 2.56. The predicted molar refractivity (Wildman–Crippen MR) is 111 cm³/mol. The first kappa shape index (κ1) is 24.5. The Morgan fingerprint density at radius 3 is 1.97 bits per heavy atom. The van der Waals surface area contributed by atoms with Crippen molar-refractivity contribution < 1.29 is 70.2 Å². The van der Waals surface area contributed by atoms with Gasteiger partial charge < -0.3 is 30.7 Å². The van der Waals surface area contributed by atoms with Gasteiger partial charge in [-0.3, -0.25) is 0 Å². The van der Waals surface area contributed by atoms with Crippen LogP contribution < -0.4 is 10.1 Å². The van der Waals surface area contributed by atoms with Crippen molar-refractivity contribution in [3.05, 3.63) is 69.3 Å². The molecule has 0 atom stereocenters. The number of aliphatic imine (C=N–C) groups is 2. The van der Waals surface area contributed by atoms with Gasteiger partial charge in [-0.25, -0.2) is 0 Å². The standard InChI is InChI=1S/C21H23N5O.2Y/c1-14-11-16(20-22-7-8-23-20)3-5-18(14)26-13-27-19-6-4-17(12-15(19)2)21-24-9-10-25-21;;/h3-6,11-12,26H,7-10,13H2,1-2H3;;/q-2;;. The van der Waals surface area contributed by atoms with Crippen LogP contribution >= 0.6 is 0 Å². The average Bonchev–Trinajstić information content (AvgIpc) is 3.38. The Morgan fingerprint density at radius 2 is 1.45 bits per heavy atom. The van der Waals surface area contributed by atoms with Crippen LogP contribution in [0, 0.1) is 13.8 Å². The number of aryl methyl sites for hydroxylation is 2. The first-order valence-electron chi connectivity index (χ1n) is 9.23. The maximum Gasteiger partial charge on any atom is 0.159 e. The molecule has 0 amide bonds. The number of rotatable bonds is 6. The zero-order chi connectivity index (χ0) is 18.6. The van der Waals surface area contributed by atoms with Crippen LogP contribution in [-0.2, 0) is 65.4 Å². The first-order valence-corrected chi connectivity index (χ1v) is 9.23. The summed E-state index contributed by atoms with van der Waals surface area (Å²) < 4.78 is 5.92. The van der Waals surface area contributed by atoms with Crippen molar-refractivity contribution in [2.75, 3.05) is 38.2 Å². The second-order valence-electron chi connectivity index (χ2n) is 6.65. The third-order valence-electron chi connectivity index (χ3n) is 4.65. The Kier molecular flexibility index (Phi) is 9.74. The van der Waals surface area contributed by atoms with Gasteiger partial charge in [0.2, 0.25) is 0 Å². The first-order chi connectivity index (χ1) is 13.2. The fourth-order valence-corrected chi connectivity index (χ4v) is 3.23. The van der Waals surface area contributed by atoms with Crippen LogP contribution in [0.5, 0.6) is 5.75 Å². The Bertz CT molecular complexity index is 840. The fourth-order valence-electron chi connectivity index (χ4n) is 3.23. The molecule has 0 unspecified atom stereocenters. The van der Waals surface area contributed by atoms with Crippen LogP contribution in [0.15, 0.2) is 46.4 Å². The van der Waals surface area contributed by atoms with E-state index in [1.165, 1.54) is 0 Å². The number of benzene rings is 2. The Morgan fingerprint density at radius 1 is 0.862 bits per heavy atom. The quantitative estimate of drug-likeness (QED) is 0.564. The van der Waals surface area contributed by atoms with Crippen molar-refractivity contribution in [1.82, 2.24) is 0 Å². The summed E-state index contributed by atoms with van der Waals surface area (Å²) >= 11 is 0. The maximum atomic E-state index is 5.92. The van der Waals surface area contributed by atoms with Crippen LogP contribution in [0.3, 0.4) is 0 Å². The molecule has 8 heteroatoms. The molecule has 0 aliphatic carbocycles. The summed E-state index contributed by atoms with van der Waals surface area (Å²) in [6.45, 7) is 7.68. The van der Waals surface area contributed by atoms with Crippen molar-refractivity contribution in [3.63, 3.8) is 0 Å². The molecule has 0 spiro atoms.